The molecule has 0 fully saturated rings. The molecule has 0 aliphatic carbocycles. The Morgan fingerprint density at radius 2 is 1.00 bits per heavy atom. The van der Waals surface area contributed by atoms with Crippen molar-refractivity contribution >= 4 is 8.80 Å². The quantitative estimate of drug-likeness (QED) is 0.374. The fraction of sp³-hybridized carbons (Fsp3) is 1.00. The first-order valence-electron chi connectivity index (χ1n) is 2.12. The van der Waals surface area contributed by atoms with E-state index in [1.165, 1.54) is 0 Å². The van der Waals surface area contributed by atoms with Crippen molar-refractivity contribution in [3.8, 4) is 0 Å². The van der Waals surface area contributed by atoms with Crippen LogP contribution < -0.4 is 0 Å². The van der Waals surface area contributed by atoms with Gasteiger partial charge in [-0.25, -0.2) is 0 Å². The molecule has 0 bridgehead atoms. The van der Waals surface area contributed by atoms with E-state index in [9.17, 15) is 0 Å². The van der Waals surface area contributed by atoms with E-state index in [1.807, 2.05) is 0 Å². The number of hydrogen-bond acceptors (Lipinski definition) is 0. The monoisotopic (exact) mass is 75.1 g/mol. The molecule has 0 radical (unpaired) electrons. The molecule has 0 aromatic heterocycles. The summed E-state index contributed by atoms with van der Waals surface area (Å²) in [5.41, 5.74) is 0. The van der Waals surface area contributed by atoms with Crippen LogP contribution >= 0.6 is 0 Å². The molecule has 0 atom stereocenters. The van der Waals surface area contributed by atoms with E-state index < -0.39 is 8.80 Å². The Morgan fingerprint density at radius 3 is 1.00 bits per heavy atom. The van der Waals surface area contributed by atoms with Gasteiger partial charge in [0.05, 0.1) is 0 Å². The first-order chi connectivity index (χ1) is 1.73. The number of rotatable bonds is 0. The van der Waals surface area contributed by atoms with Crippen LogP contribution in [0.25, 0.3) is 0 Å². The summed E-state index contributed by atoms with van der Waals surface area (Å²) in [5, 5.41) is 0. The summed E-state index contributed by atoms with van der Waals surface area (Å²) in [6.45, 7) is 7.03. The molecule has 0 aromatic carbocycles. The van der Waals surface area contributed by atoms with Crippen molar-refractivity contribution in [2.45, 2.75) is 19.6 Å². The minimum atomic E-state index is -0.398. The zero-order valence-electron chi connectivity index (χ0n) is 3.71. The predicted octanol–water partition coefficient (Wildman–Crippen LogP) is 0.835. The van der Waals surface area contributed by atoms with Gasteiger partial charge in [0, 0.05) is 0 Å². The Hall–Kier alpha value is 0.217. The van der Waals surface area contributed by atoms with Gasteiger partial charge in [-0.1, -0.05) is 0 Å². The van der Waals surface area contributed by atoms with Gasteiger partial charge in [-0.15, -0.1) is 0 Å². The van der Waals surface area contributed by atoms with Crippen LogP contribution in [-0.4, -0.2) is 8.80 Å². The Morgan fingerprint density at radius 1 is 1.00 bits per heavy atom. The van der Waals surface area contributed by atoms with Crippen molar-refractivity contribution in [2.24, 2.45) is 0 Å². The first-order valence-corrected chi connectivity index (χ1v) is 6.36. The van der Waals surface area contributed by atoms with Gasteiger partial charge in [-0.05, 0) is 0 Å². The summed E-state index contributed by atoms with van der Waals surface area (Å²) >= 11 is 0. The standard InChI is InChI=1S/C3H11Si/c1-4(2)3/h4H2,1-3H3/q-1. The molecule has 0 aliphatic rings. The fourth-order valence-electron chi connectivity index (χ4n) is 0. The Balaban J connectivity index is 2.32. The SMILES string of the molecule is C[SiH2-](C)C. The van der Waals surface area contributed by atoms with E-state index >= 15 is 0 Å². The van der Waals surface area contributed by atoms with Gasteiger partial charge >= 0.3 is 28.4 Å². The second kappa shape index (κ2) is 1.53. The van der Waals surface area contributed by atoms with Crippen molar-refractivity contribution in [2.75, 3.05) is 0 Å². The van der Waals surface area contributed by atoms with E-state index in [1.54, 1.807) is 0 Å². The van der Waals surface area contributed by atoms with Crippen LogP contribution in [0.3, 0.4) is 0 Å². The second-order valence-corrected chi connectivity index (χ2v) is 6.36. The third-order valence-electron chi connectivity index (χ3n) is 0. The molecular weight excluding hydrogens is 64.1 g/mol. The van der Waals surface area contributed by atoms with Gasteiger partial charge in [0.2, 0.25) is 0 Å². The van der Waals surface area contributed by atoms with Crippen LogP contribution in [0, 0.1) is 0 Å². The molecule has 28 valence electrons. The summed E-state index contributed by atoms with van der Waals surface area (Å²) in [4.78, 5) is 0. The van der Waals surface area contributed by atoms with E-state index in [0.717, 1.165) is 0 Å². The molecule has 0 rings (SSSR count). The second-order valence-electron chi connectivity index (χ2n) is 2.12. The van der Waals surface area contributed by atoms with Gasteiger partial charge in [0.25, 0.3) is 0 Å². The van der Waals surface area contributed by atoms with Crippen molar-refractivity contribution in [1.29, 1.82) is 0 Å². The Bertz CT molecular complexity index is 8.00. The van der Waals surface area contributed by atoms with Crippen LogP contribution in [-0.2, 0) is 0 Å². The van der Waals surface area contributed by atoms with E-state index in [-0.39, 0.29) is 0 Å². The van der Waals surface area contributed by atoms with E-state index in [0.29, 0.717) is 0 Å². The molecule has 0 aromatic rings. The van der Waals surface area contributed by atoms with Crippen LogP contribution in [0.1, 0.15) is 0 Å². The summed E-state index contributed by atoms with van der Waals surface area (Å²) in [5.74, 6) is 0. The van der Waals surface area contributed by atoms with E-state index in [4.69, 9.17) is 0 Å². The van der Waals surface area contributed by atoms with Crippen LogP contribution in [0.4, 0.5) is 0 Å². The van der Waals surface area contributed by atoms with Crippen LogP contribution in [0.5, 0.6) is 0 Å². The molecule has 0 N–H and O–H groups in total. The molecule has 0 aliphatic heterocycles. The summed E-state index contributed by atoms with van der Waals surface area (Å²) in [7, 11) is -0.398. The molecule has 0 saturated heterocycles. The van der Waals surface area contributed by atoms with Gasteiger partial charge in [-0.2, -0.15) is 0 Å². The zero-order valence-corrected chi connectivity index (χ0v) is 5.12. The van der Waals surface area contributed by atoms with E-state index in [2.05, 4.69) is 19.6 Å². The van der Waals surface area contributed by atoms with Crippen molar-refractivity contribution in [1.82, 2.24) is 0 Å². The molecule has 0 amide bonds. The summed E-state index contributed by atoms with van der Waals surface area (Å²) in [6.07, 6.45) is 0. The first kappa shape index (κ1) is 4.22. The number of hydrogen-bond donors (Lipinski definition) is 0. The Kier molecular flexibility index (Phi) is 1.61. The average Bonchev–Trinajstić information content (AvgIpc) is 0.811. The Labute approximate surface area is 29.4 Å². The topological polar surface area (TPSA) is 0 Å². The van der Waals surface area contributed by atoms with Gasteiger partial charge in [0.1, 0.15) is 0 Å². The molecule has 0 nitrogen and oxygen atoms in total. The van der Waals surface area contributed by atoms with Crippen LogP contribution in [0.15, 0.2) is 0 Å². The van der Waals surface area contributed by atoms with Gasteiger partial charge in [0.15, 0.2) is 0 Å². The normalized spacial score (nSPS) is 11.2. The van der Waals surface area contributed by atoms with Crippen molar-refractivity contribution < 1.29 is 0 Å². The average molecular weight is 75.2 g/mol. The summed E-state index contributed by atoms with van der Waals surface area (Å²) < 4.78 is 0. The third kappa shape index (κ3) is 69.8. The fourth-order valence-corrected chi connectivity index (χ4v) is 0. The molecular formula is C3H11Si-. The van der Waals surface area contributed by atoms with Crippen molar-refractivity contribution in [3.63, 3.8) is 0 Å². The zero-order chi connectivity index (χ0) is 3.58. The maximum atomic E-state index is 2.34. The molecule has 0 heterocycles. The molecule has 0 saturated carbocycles. The molecule has 1 heteroatoms. The molecule has 0 unspecified atom stereocenters. The van der Waals surface area contributed by atoms with Crippen LogP contribution in [0.2, 0.25) is 19.6 Å². The van der Waals surface area contributed by atoms with Crippen molar-refractivity contribution in [3.05, 3.63) is 0 Å². The van der Waals surface area contributed by atoms with Gasteiger partial charge < -0.3 is 0 Å². The maximum absolute atomic E-state index is 2.34. The van der Waals surface area contributed by atoms with Gasteiger partial charge in [-0.3, -0.25) is 0 Å². The minimum absolute atomic E-state index is 0.398. The molecule has 0 spiro atoms. The predicted molar refractivity (Wildman–Crippen MR) is 26.1 cm³/mol. The summed E-state index contributed by atoms with van der Waals surface area (Å²) in [6, 6.07) is 0. The third-order valence-corrected chi connectivity index (χ3v) is 0. The molecule has 4 heavy (non-hydrogen) atoms.